The van der Waals surface area contributed by atoms with Gasteiger partial charge in [-0.3, -0.25) is 19.3 Å². The number of carbonyl (C=O) groups is 4. The van der Waals surface area contributed by atoms with E-state index in [-0.39, 0.29) is 29.7 Å². The minimum absolute atomic E-state index is 0.0611. The molecule has 2 aliphatic heterocycles. The zero-order valence-corrected chi connectivity index (χ0v) is 25.5. The van der Waals surface area contributed by atoms with Crippen molar-refractivity contribution in [2.45, 2.75) is 94.9 Å². The number of piperazine rings is 1. The number of amides is 3. The first-order chi connectivity index (χ1) is 21.1. The third kappa shape index (κ3) is 6.97. The summed E-state index contributed by atoms with van der Waals surface area (Å²) in [4.78, 5) is 55.6. The van der Waals surface area contributed by atoms with Gasteiger partial charge in [0.05, 0.1) is 11.2 Å². The molecule has 2 aromatic rings. The lowest BCUT2D eigenvalue weighted by molar-refractivity contribution is -0.163. The van der Waals surface area contributed by atoms with E-state index in [0.29, 0.717) is 63.1 Å². The summed E-state index contributed by atoms with van der Waals surface area (Å²) < 4.78 is 0. The van der Waals surface area contributed by atoms with Gasteiger partial charge >= 0.3 is 5.97 Å². The Bertz CT molecular complexity index is 1360. The summed E-state index contributed by atoms with van der Waals surface area (Å²) in [7, 11) is 0. The van der Waals surface area contributed by atoms with Crippen molar-refractivity contribution in [2.24, 2.45) is 0 Å². The van der Waals surface area contributed by atoms with Gasteiger partial charge in [0.1, 0.15) is 11.6 Å². The van der Waals surface area contributed by atoms with Crippen LogP contribution in [0.15, 0.2) is 48.5 Å². The molecule has 3 amide bonds. The molecule has 1 saturated carbocycles. The molecule has 0 aromatic heterocycles. The second-order valence-electron chi connectivity index (χ2n) is 12.7. The molecular formula is C34H44N4O6. The van der Waals surface area contributed by atoms with Crippen molar-refractivity contribution >= 4 is 29.4 Å². The van der Waals surface area contributed by atoms with Crippen molar-refractivity contribution in [3.05, 3.63) is 65.2 Å². The molecule has 1 aliphatic carbocycles. The van der Waals surface area contributed by atoms with E-state index < -0.39 is 23.2 Å². The Kier molecular flexibility index (Phi) is 9.70. The highest BCUT2D eigenvalue weighted by atomic mass is 16.4. The van der Waals surface area contributed by atoms with Gasteiger partial charge in [-0.15, -0.1) is 0 Å². The lowest BCUT2D eigenvalue weighted by Gasteiger charge is -2.52. The van der Waals surface area contributed by atoms with Crippen molar-refractivity contribution in [2.75, 3.05) is 25.0 Å². The van der Waals surface area contributed by atoms with Crippen LogP contribution in [0.2, 0.25) is 0 Å². The van der Waals surface area contributed by atoms with Gasteiger partial charge < -0.3 is 25.7 Å². The van der Waals surface area contributed by atoms with Crippen LogP contribution in [0.3, 0.4) is 0 Å². The molecule has 4 N–H and O–H groups in total. The summed E-state index contributed by atoms with van der Waals surface area (Å²) in [6.07, 6.45) is 7.46. The van der Waals surface area contributed by atoms with Gasteiger partial charge in [0.25, 0.3) is 5.91 Å². The van der Waals surface area contributed by atoms with Crippen molar-refractivity contribution in [3.63, 3.8) is 0 Å². The second kappa shape index (κ2) is 13.5. The molecule has 10 nitrogen and oxygen atoms in total. The molecule has 3 fully saturated rings. The van der Waals surface area contributed by atoms with Crippen LogP contribution in [-0.4, -0.2) is 80.5 Å². The van der Waals surface area contributed by atoms with Crippen molar-refractivity contribution in [3.8, 4) is 0 Å². The molecule has 0 bridgehead atoms. The van der Waals surface area contributed by atoms with E-state index in [2.05, 4.69) is 22.5 Å². The first kappa shape index (κ1) is 31.7. The monoisotopic (exact) mass is 604 g/mol. The molecule has 44 heavy (non-hydrogen) atoms. The van der Waals surface area contributed by atoms with E-state index in [9.17, 15) is 29.4 Å². The fourth-order valence-electron chi connectivity index (χ4n) is 6.98. The Labute approximate surface area is 258 Å². The first-order valence-electron chi connectivity index (χ1n) is 15.9. The van der Waals surface area contributed by atoms with E-state index in [1.807, 2.05) is 17.0 Å². The van der Waals surface area contributed by atoms with Gasteiger partial charge in [-0.25, -0.2) is 4.79 Å². The lowest BCUT2D eigenvalue weighted by atomic mass is 9.77. The molecule has 0 unspecified atom stereocenters. The van der Waals surface area contributed by atoms with Crippen LogP contribution in [0.4, 0.5) is 5.69 Å². The zero-order valence-electron chi connectivity index (χ0n) is 25.5. The molecule has 2 saturated heterocycles. The summed E-state index contributed by atoms with van der Waals surface area (Å²) in [5, 5.41) is 26.1. The maximum absolute atomic E-state index is 13.8. The summed E-state index contributed by atoms with van der Waals surface area (Å²) in [6.45, 7) is 4.58. The highest BCUT2D eigenvalue weighted by Crippen LogP contribution is 2.37. The maximum Gasteiger partial charge on any atom is 0.335 e. The number of nitrogens with zero attached hydrogens (tertiary/aromatic N) is 2. The zero-order chi connectivity index (χ0) is 31.3. The number of nitrogens with one attached hydrogen (secondary N) is 2. The van der Waals surface area contributed by atoms with Gasteiger partial charge in [0.2, 0.25) is 11.8 Å². The van der Waals surface area contributed by atoms with E-state index in [4.69, 9.17) is 0 Å². The van der Waals surface area contributed by atoms with E-state index >= 15 is 0 Å². The number of aromatic carboxylic acids is 1. The Morgan fingerprint density at radius 1 is 0.977 bits per heavy atom. The van der Waals surface area contributed by atoms with Crippen LogP contribution in [0.5, 0.6) is 0 Å². The Balaban J connectivity index is 1.19. The largest absolute Gasteiger partial charge is 0.478 e. The molecule has 0 radical (unpaired) electrons. The van der Waals surface area contributed by atoms with Gasteiger partial charge in [0, 0.05) is 43.9 Å². The molecule has 1 atom stereocenters. The third-order valence-electron chi connectivity index (χ3n) is 9.59. The number of unbranched alkanes of at least 4 members (excludes halogenated alkanes) is 1. The topological polar surface area (TPSA) is 139 Å². The van der Waals surface area contributed by atoms with Crippen LogP contribution in [0.1, 0.15) is 97.4 Å². The minimum atomic E-state index is -1.06. The van der Waals surface area contributed by atoms with Crippen molar-refractivity contribution in [1.82, 2.24) is 15.1 Å². The highest BCUT2D eigenvalue weighted by Gasteiger charge is 2.54. The lowest BCUT2D eigenvalue weighted by Crippen LogP contribution is -2.73. The number of benzene rings is 2. The fraction of sp³-hybridized carbons (Fsp3) is 0.529. The van der Waals surface area contributed by atoms with E-state index in [1.54, 1.807) is 24.3 Å². The number of piperidine rings is 1. The molecule has 10 heteroatoms. The smallest absolute Gasteiger partial charge is 0.335 e. The van der Waals surface area contributed by atoms with Gasteiger partial charge in [-0.1, -0.05) is 50.8 Å². The number of anilines is 1. The van der Waals surface area contributed by atoms with Crippen LogP contribution in [0.25, 0.3) is 0 Å². The van der Waals surface area contributed by atoms with Gasteiger partial charge in [-0.2, -0.15) is 0 Å². The van der Waals surface area contributed by atoms with Crippen LogP contribution >= 0.6 is 0 Å². The minimum Gasteiger partial charge on any atom is -0.478 e. The molecule has 2 heterocycles. The van der Waals surface area contributed by atoms with Gasteiger partial charge in [0.15, 0.2) is 0 Å². The maximum atomic E-state index is 13.8. The number of likely N-dealkylation sites (tertiary alicyclic amines) is 1. The predicted octanol–water partition coefficient (Wildman–Crippen LogP) is 4.18. The van der Waals surface area contributed by atoms with Crippen LogP contribution in [0, 0.1) is 0 Å². The molecular weight excluding hydrogens is 560 g/mol. The highest BCUT2D eigenvalue weighted by molar-refractivity contribution is 6.05. The predicted molar refractivity (Wildman–Crippen MR) is 166 cm³/mol. The number of hydrogen-bond donors (Lipinski definition) is 4. The number of hydrogen-bond acceptors (Lipinski definition) is 6. The quantitative estimate of drug-likeness (QED) is 0.319. The van der Waals surface area contributed by atoms with Gasteiger partial charge in [-0.05, 0) is 68.0 Å². The Morgan fingerprint density at radius 2 is 1.68 bits per heavy atom. The Morgan fingerprint density at radius 3 is 2.34 bits per heavy atom. The average Bonchev–Trinajstić information content (AvgIpc) is 3.01. The SMILES string of the molecule is CCCCN1C(=O)[C@@H](CC2(O)CCCCC2)NC(=O)C12CCN(Cc1ccc(C(=O)Nc3cccc(C(=O)O)c3)cc1)CC2. The summed E-state index contributed by atoms with van der Waals surface area (Å²) in [6, 6.07) is 12.7. The van der Waals surface area contributed by atoms with Crippen LogP contribution < -0.4 is 10.6 Å². The molecule has 5 rings (SSSR count). The number of carboxylic acids is 1. The van der Waals surface area contributed by atoms with Crippen LogP contribution in [-0.2, 0) is 16.1 Å². The van der Waals surface area contributed by atoms with Crippen molar-refractivity contribution < 1.29 is 29.4 Å². The van der Waals surface area contributed by atoms with E-state index in [0.717, 1.165) is 37.7 Å². The summed E-state index contributed by atoms with van der Waals surface area (Å²) in [5.41, 5.74) is 0.242. The number of aliphatic hydroxyl groups is 1. The molecule has 2 aromatic carbocycles. The fourth-order valence-corrected chi connectivity index (χ4v) is 6.98. The molecule has 3 aliphatic rings. The normalized spacial score (nSPS) is 21.6. The summed E-state index contributed by atoms with van der Waals surface area (Å²) >= 11 is 0. The molecule has 1 spiro atoms. The Hall–Kier alpha value is -3.76. The second-order valence-corrected chi connectivity index (χ2v) is 12.7. The number of carbonyl (C=O) groups excluding carboxylic acids is 3. The van der Waals surface area contributed by atoms with E-state index in [1.165, 1.54) is 12.1 Å². The number of carboxylic acid groups (broad SMARTS) is 1. The molecule has 236 valence electrons. The standard InChI is InChI=1S/C34H44N4O6/c1-2-3-18-38-30(40)28(22-33(44)14-5-4-6-15-33)36-32(43)34(38)16-19-37(20-17-34)23-24-10-12-25(13-11-24)29(39)35-27-9-7-8-26(21-27)31(41)42/h7-13,21,28,44H,2-6,14-20,22-23H2,1H3,(H,35,39)(H,36,43)(H,41,42)/t28-/m1/s1. The average molecular weight is 605 g/mol. The first-order valence-corrected chi connectivity index (χ1v) is 15.9. The summed E-state index contributed by atoms with van der Waals surface area (Å²) in [5.74, 6) is -1.54. The van der Waals surface area contributed by atoms with Crippen molar-refractivity contribution in [1.29, 1.82) is 0 Å². The number of rotatable bonds is 10. The third-order valence-corrected chi connectivity index (χ3v) is 9.59.